The smallest absolute Gasteiger partial charge is 0.0751 e. The van der Waals surface area contributed by atoms with Gasteiger partial charge in [0.05, 0.1) is 28.6 Å². The van der Waals surface area contributed by atoms with Gasteiger partial charge in [-0.2, -0.15) is 5.10 Å². The molecule has 0 spiro atoms. The topological polar surface area (TPSA) is 24.4 Å². The van der Waals surface area contributed by atoms with Crippen LogP contribution in [-0.4, -0.2) is 5.71 Å². The van der Waals surface area contributed by atoms with E-state index in [1.54, 1.807) is 6.08 Å². The Kier molecular flexibility index (Phi) is 5.60. The van der Waals surface area contributed by atoms with Gasteiger partial charge in [-0.05, 0) is 13.0 Å². The van der Waals surface area contributed by atoms with Crippen molar-refractivity contribution >= 4 is 28.6 Å². The van der Waals surface area contributed by atoms with Crippen molar-refractivity contribution in [2.75, 3.05) is 0 Å². The first-order valence-corrected chi connectivity index (χ1v) is 3.58. The summed E-state index contributed by atoms with van der Waals surface area (Å²) < 4.78 is 2.65. The molecule has 0 rings (SSSR count). The van der Waals surface area contributed by atoms with Crippen LogP contribution in [0.4, 0.5) is 0 Å². The summed E-state index contributed by atoms with van der Waals surface area (Å²) in [5.74, 6) is 0. The van der Waals surface area contributed by atoms with Gasteiger partial charge in [0.2, 0.25) is 0 Å². The maximum absolute atomic E-state index is 3.88. The van der Waals surface area contributed by atoms with Crippen LogP contribution in [0.2, 0.25) is 0 Å². The van der Waals surface area contributed by atoms with Gasteiger partial charge in [0.25, 0.3) is 0 Å². The van der Waals surface area contributed by atoms with Crippen LogP contribution < -0.4 is 3.64 Å². The van der Waals surface area contributed by atoms with E-state index in [-0.39, 0.29) is 0 Å². The molecule has 0 saturated heterocycles. The Balaban J connectivity index is 3.74. The standard InChI is InChI=1S/C6H9IN2/c1-3-4-5-6(2)8-9-7/h3-5,9H,1H2,2H3/b5-4-,8-6-. The molecular formula is C6H9IN2. The highest BCUT2D eigenvalue weighted by Crippen LogP contribution is 1.80. The number of hydrogen-bond acceptors (Lipinski definition) is 2. The lowest BCUT2D eigenvalue weighted by Crippen LogP contribution is -1.90. The molecule has 0 radical (unpaired) electrons. The van der Waals surface area contributed by atoms with Crippen LogP contribution in [-0.2, 0) is 0 Å². The predicted octanol–water partition coefficient (Wildman–Crippen LogP) is 2.04. The molecule has 0 aliphatic rings. The van der Waals surface area contributed by atoms with E-state index in [0.29, 0.717) is 0 Å². The Bertz CT molecular complexity index is 138. The molecule has 0 aromatic rings. The van der Waals surface area contributed by atoms with Crippen LogP contribution in [0, 0.1) is 0 Å². The fourth-order valence-electron chi connectivity index (χ4n) is 0.311. The summed E-state index contributed by atoms with van der Waals surface area (Å²) >= 11 is 1.96. The summed E-state index contributed by atoms with van der Waals surface area (Å²) in [6, 6.07) is 0. The lowest BCUT2D eigenvalue weighted by Gasteiger charge is -1.86. The first kappa shape index (κ1) is 8.68. The van der Waals surface area contributed by atoms with Crippen molar-refractivity contribution in [3.8, 4) is 0 Å². The van der Waals surface area contributed by atoms with E-state index in [9.17, 15) is 0 Å². The minimum absolute atomic E-state index is 0.935. The average Bonchev–Trinajstić information content (AvgIpc) is 1.85. The van der Waals surface area contributed by atoms with Gasteiger partial charge < -0.3 is 0 Å². The Hall–Kier alpha value is -0.320. The van der Waals surface area contributed by atoms with Crippen molar-refractivity contribution in [3.05, 3.63) is 24.8 Å². The normalized spacial score (nSPS) is 12.0. The zero-order valence-corrected chi connectivity index (χ0v) is 7.42. The van der Waals surface area contributed by atoms with Crippen molar-refractivity contribution in [2.45, 2.75) is 6.92 Å². The molecule has 0 aliphatic carbocycles. The Morgan fingerprint density at radius 1 is 1.78 bits per heavy atom. The minimum atomic E-state index is 0.935. The number of rotatable bonds is 3. The van der Waals surface area contributed by atoms with Crippen LogP contribution in [0.1, 0.15) is 6.92 Å². The third-order valence-corrected chi connectivity index (χ3v) is 0.933. The molecule has 0 amide bonds. The highest BCUT2D eigenvalue weighted by Gasteiger charge is 1.76. The molecule has 0 fully saturated rings. The third kappa shape index (κ3) is 5.55. The largest absolute Gasteiger partial charge is 0.249 e. The Morgan fingerprint density at radius 3 is 2.89 bits per heavy atom. The number of nitrogens with one attached hydrogen (secondary N) is 1. The summed E-state index contributed by atoms with van der Waals surface area (Å²) in [5, 5.41) is 3.88. The maximum atomic E-state index is 3.88. The van der Waals surface area contributed by atoms with E-state index in [1.165, 1.54) is 0 Å². The SMILES string of the molecule is C=C/C=C\C(C)=N/NI. The summed E-state index contributed by atoms with van der Waals surface area (Å²) in [5.41, 5.74) is 0.935. The molecular weight excluding hydrogens is 227 g/mol. The summed E-state index contributed by atoms with van der Waals surface area (Å²) in [7, 11) is 0. The number of hydrogen-bond donors (Lipinski definition) is 1. The lowest BCUT2D eigenvalue weighted by atomic mass is 10.4. The van der Waals surface area contributed by atoms with Crippen molar-refractivity contribution in [1.29, 1.82) is 0 Å². The van der Waals surface area contributed by atoms with Gasteiger partial charge in [-0.3, -0.25) is 0 Å². The van der Waals surface area contributed by atoms with E-state index in [4.69, 9.17) is 0 Å². The number of hydrazone groups is 1. The van der Waals surface area contributed by atoms with Gasteiger partial charge in [-0.25, -0.2) is 3.64 Å². The van der Waals surface area contributed by atoms with Crippen LogP contribution in [0.5, 0.6) is 0 Å². The van der Waals surface area contributed by atoms with E-state index >= 15 is 0 Å². The highest BCUT2D eigenvalue weighted by atomic mass is 127. The van der Waals surface area contributed by atoms with E-state index in [1.807, 2.05) is 41.9 Å². The van der Waals surface area contributed by atoms with Crippen LogP contribution in [0.25, 0.3) is 0 Å². The zero-order valence-electron chi connectivity index (χ0n) is 5.26. The fourth-order valence-corrected chi connectivity index (χ4v) is 0.692. The molecule has 0 saturated carbocycles. The van der Waals surface area contributed by atoms with Crippen molar-refractivity contribution < 1.29 is 0 Å². The third-order valence-electron chi connectivity index (χ3n) is 0.692. The maximum Gasteiger partial charge on any atom is 0.0751 e. The molecule has 0 atom stereocenters. The molecule has 50 valence electrons. The van der Waals surface area contributed by atoms with Crippen LogP contribution in [0.3, 0.4) is 0 Å². The molecule has 0 unspecified atom stereocenters. The first-order chi connectivity index (χ1) is 4.31. The fraction of sp³-hybridized carbons (Fsp3) is 0.167. The molecule has 0 bridgehead atoms. The Morgan fingerprint density at radius 2 is 2.44 bits per heavy atom. The average molecular weight is 236 g/mol. The quantitative estimate of drug-likeness (QED) is 0.262. The van der Waals surface area contributed by atoms with Crippen molar-refractivity contribution in [3.63, 3.8) is 0 Å². The highest BCUT2D eigenvalue weighted by molar-refractivity contribution is 14.1. The summed E-state index contributed by atoms with van der Waals surface area (Å²) in [4.78, 5) is 0. The second kappa shape index (κ2) is 5.81. The van der Waals surface area contributed by atoms with Crippen molar-refractivity contribution in [2.24, 2.45) is 5.10 Å². The van der Waals surface area contributed by atoms with Gasteiger partial charge in [0.15, 0.2) is 0 Å². The lowest BCUT2D eigenvalue weighted by molar-refractivity contribution is 1.16. The molecule has 0 aromatic carbocycles. The van der Waals surface area contributed by atoms with Gasteiger partial charge in [0.1, 0.15) is 0 Å². The zero-order chi connectivity index (χ0) is 7.11. The second-order valence-electron chi connectivity index (χ2n) is 1.43. The monoisotopic (exact) mass is 236 g/mol. The summed E-state index contributed by atoms with van der Waals surface area (Å²) in [6.45, 7) is 5.44. The number of allylic oxidation sites excluding steroid dienone is 3. The first-order valence-electron chi connectivity index (χ1n) is 2.50. The molecule has 0 aliphatic heterocycles. The van der Waals surface area contributed by atoms with E-state index < -0.39 is 0 Å². The molecule has 1 N–H and O–H groups in total. The minimum Gasteiger partial charge on any atom is -0.249 e. The molecule has 9 heavy (non-hydrogen) atoms. The molecule has 0 aromatic heterocycles. The number of halogens is 1. The van der Waals surface area contributed by atoms with Gasteiger partial charge in [-0.15, -0.1) is 0 Å². The van der Waals surface area contributed by atoms with E-state index in [2.05, 4.69) is 15.3 Å². The van der Waals surface area contributed by atoms with Gasteiger partial charge >= 0.3 is 0 Å². The van der Waals surface area contributed by atoms with Crippen LogP contribution >= 0.6 is 22.9 Å². The second-order valence-corrected chi connectivity index (χ2v) is 1.91. The molecule has 0 heterocycles. The van der Waals surface area contributed by atoms with Gasteiger partial charge in [-0.1, -0.05) is 18.7 Å². The van der Waals surface area contributed by atoms with Gasteiger partial charge in [0, 0.05) is 0 Å². The number of nitrogens with zero attached hydrogens (tertiary/aromatic N) is 1. The Labute approximate surface area is 69.2 Å². The summed E-state index contributed by atoms with van der Waals surface area (Å²) in [6.07, 6.45) is 5.43. The van der Waals surface area contributed by atoms with Crippen LogP contribution in [0.15, 0.2) is 29.9 Å². The molecule has 3 heteroatoms. The molecule has 2 nitrogen and oxygen atoms in total. The predicted molar refractivity (Wildman–Crippen MR) is 49.6 cm³/mol. The van der Waals surface area contributed by atoms with Crippen molar-refractivity contribution in [1.82, 2.24) is 3.64 Å². The van der Waals surface area contributed by atoms with E-state index in [0.717, 1.165) is 5.71 Å².